The van der Waals surface area contributed by atoms with Crippen molar-refractivity contribution < 1.29 is 13.9 Å². The first-order chi connectivity index (χ1) is 9.56. The van der Waals surface area contributed by atoms with Crippen molar-refractivity contribution in [2.24, 2.45) is 0 Å². The Morgan fingerprint density at radius 1 is 1.55 bits per heavy atom. The van der Waals surface area contributed by atoms with Crippen LogP contribution >= 0.6 is 0 Å². The van der Waals surface area contributed by atoms with Crippen LogP contribution in [0.5, 0.6) is 0 Å². The minimum atomic E-state index is -0.256. The SMILES string of the molecule is Cc1ccc(CNC(=O)N[C@@H](C)[C@H]2CCCO2)cc1F. The van der Waals surface area contributed by atoms with Crippen molar-refractivity contribution in [3.63, 3.8) is 0 Å². The maximum Gasteiger partial charge on any atom is 0.315 e. The van der Waals surface area contributed by atoms with Crippen molar-refractivity contribution in [2.75, 3.05) is 6.61 Å². The molecule has 110 valence electrons. The molecule has 0 aliphatic carbocycles. The quantitative estimate of drug-likeness (QED) is 0.890. The van der Waals surface area contributed by atoms with Crippen molar-refractivity contribution >= 4 is 6.03 Å². The van der Waals surface area contributed by atoms with Crippen LogP contribution in [0.3, 0.4) is 0 Å². The Morgan fingerprint density at radius 2 is 2.35 bits per heavy atom. The highest BCUT2D eigenvalue weighted by Crippen LogP contribution is 2.15. The van der Waals surface area contributed by atoms with E-state index in [0.717, 1.165) is 25.0 Å². The van der Waals surface area contributed by atoms with E-state index in [1.807, 2.05) is 13.0 Å². The maximum atomic E-state index is 13.4. The van der Waals surface area contributed by atoms with Crippen LogP contribution in [0, 0.1) is 12.7 Å². The van der Waals surface area contributed by atoms with E-state index in [-0.39, 0.29) is 24.0 Å². The summed E-state index contributed by atoms with van der Waals surface area (Å²) >= 11 is 0. The Kier molecular flexibility index (Phi) is 4.95. The first-order valence-electron chi connectivity index (χ1n) is 6.97. The first-order valence-corrected chi connectivity index (χ1v) is 6.97. The summed E-state index contributed by atoms with van der Waals surface area (Å²) in [5, 5.41) is 5.58. The summed E-state index contributed by atoms with van der Waals surface area (Å²) in [7, 11) is 0. The van der Waals surface area contributed by atoms with Crippen molar-refractivity contribution in [1.82, 2.24) is 10.6 Å². The third-order valence-electron chi connectivity index (χ3n) is 3.57. The lowest BCUT2D eigenvalue weighted by molar-refractivity contribution is 0.0860. The molecule has 0 saturated carbocycles. The van der Waals surface area contributed by atoms with Crippen LogP contribution in [-0.2, 0) is 11.3 Å². The molecule has 0 aromatic heterocycles. The Hall–Kier alpha value is -1.62. The van der Waals surface area contributed by atoms with Crippen LogP contribution in [-0.4, -0.2) is 24.8 Å². The monoisotopic (exact) mass is 280 g/mol. The largest absolute Gasteiger partial charge is 0.376 e. The zero-order valence-electron chi connectivity index (χ0n) is 11.9. The molecule has 2 N–H and O–H groups in total. The van der Waals surface area contributed by atoms with Gasteiger partial charge in [-0.15, -0.1) is 0 Å². The summed E-state index contributed by atoms with van der Waals surface area (Å²) in [6.07, 6.45) is 2.11. The van der Waals surface area contributed by atoms with E-state index in [1.165, 1.54) is 6.07 Å². The molecular weight excluding hydrogens is 259 g/mol. The van der Waals surface area contributed by atoms with E-state index < -0.39 is 0 Å². The fourth-order valence-electron chi connectivity index (χ4n) is 2.28. The van der Waals surface area contributed by atoms with Gasteiger partial charge in [-0.25, -0.2) is 9.18 Å². The number of hydrogen-bond donors (Lipinski definition) is 2. The Balaban J connectivity index is 1.78. The van der Waals surface area contributed by atoms with Gasteiger partial charge in [0.1, 0.15) is 5.82 Å². The van der Waals surface area contributed by atoms with E-state index >= 15 is 0 Å². The summed E-state index contributed by atoms with van der Waals surface area (Å²) in [6.45, 7) is 4.71. The number of urea groups is 1. The molecule has 1 saturated heterocycles. The number of rotatable bonds is 4. The van der Waals surface area contributed by atoms with E-state index in [1.54, 1.807) is 13.0 Å². The third kappa shape index (κ3) is 3.93. The lowest BCUT2D eigenvalue weighted by Gasteiger charge is -2.20. The average Bonchev–Trinajstić information content (AvgIpc) is 2.94. The summed E-state index contributed by atoms with van der Waals surface area (Å²) in [4.78, 5) is 11.8. The number of hydrogen-bond acceptors (Lipinski definition) is 2. The minimum Gasteiger partial charge on any atom is -0.376 e. The summed E-state index contributed by atoms with van der Waals surface area (Å²) < 4.78 is 18.9. The summed E-state index contributed by atoms with van der Waals surface area (Å²) in [6, 6.07) is 4.68. The Morgan fingerprint density at radius 3 is 3.00 bits per heavy atom. The van der Waals surface area contributed by atoms with Crippen LogP contribution in [0.15, 0.2) is 18.2 Å². The van der Waals surface area contributed by atoms with Gasteiger partial charge in [-0.3, -0.25) is 0 Å². The molecule has 0 spiro atoms. The summed E-state index contributed by atoms with van der Waals surface area (Å²) in [5.41, 5.74) is 1.35. The Bertz CT molecular complexity index is 473. The normalized spacial score (nSPS) is 19.6. The van der Waals surface area contributed by atoms with Crippen LogP contribution in [0.2, 0.25) is 0 Å². The molecule has 20 heavy (non-hydrogen) atoms. The number of carbonyl (C=O) groups is 1. The fourth-order valence-corrected chi connectivity index (χ4v) is 2.28. The minimum absolute atomic E-state index is 0.0211. The molecule has 2 rings (SSSR count). The number of nitrogens with one attached hydrogen (secondary N) is 2. The molecule has 5 heteroatoms. The smallest absolute Gasteiger partial charge is 0.315 e. The average molecular weight is 280 g/mol. The van der Waals surface area contributed by atoms with Crippen LogP contribution in [0.4, 0.5) is 9.18 Å². The van der Waals surface area contributed by atoms with E-state index in [4.69, 9.17) is 4.74 Å². The predicted octanol–water partition coefficient (Wildman–Crippen LogP) is 2.50. The van der Waals surface area contributed by atoms with Gasteiger partial charge in [0.05, 0.1) is 12.1 Å². The van der Waals surface area contributed by atoms with Gasteiger partial charge < -0.3 is 15.4 Å². The van der Waals surface area contributed by atoms with E-state index in [2.05, 4.69) is 10.6 Å². The molecule has 1 aromatic carbocycles. The second-order valence-corrected chi connectivity index (χ2v) is 5.25. The molecule has 1 fully saturated rings. The van der Waals surface area contributed by atoms with Crippen molar-refractivity contribution in [1.29, 1.82) is 0 Å². The molecule has 1 aliphatic rings. The number of carbonyl (C=O) groups excluding carboxylic acids is 1. The topological polar surface area (TPSA) is 50.4 Å². The van der Waals surface area contributed by atoms with Gasteiger partial charge in [0.2, 0.25) is 0 Å². The van der Waals surface area contributed by atoms with Crippen LogP contribution in [0.25, 0.3) is 0 Å². The van der Waals surface area contributed by atoms with E-state index in [0.29, 0.717) is 12.1 Å². The van der Waals surface area contributed by atoms with Gasteiger partial charge in [0.25, 0.3) is 0 Å². The lowest BCUT2D eigenvalue weighted by atomic mass is 10.1. The first kappa shape index (κ1) is 14.8. The van der Waals surface area contributed by atoms with Crippen LogP contribution < -0.4 is 10.6 Å². The zero-order valence-corrected chi connectivity index (χ0v) is 11.9. The number of ether oxygens (including phenoxy) is 1. The number of amides is 2. The molecule has 2 atom stereocenters. The van der Waals surface area contributed by atoms with Crippen LogP contribution in [0.1, 0.15) is 30.9 Å². The Labute approximate surface area is 118 Å². The second-order valence-electron chi connectivity index (χ2n) is 5.25. The molecule has 2 amide bonds. The van der Waals surface area contributed by atoms with Crippen molar-refractivity contribution in [2.45, 2.75) is 45.4 Å². The van der Waals surface area contributed by atoms with Gasteiger partial charge in [-0.05, 0) is 43.9 Å². The van der Waals surface area contributed by atoms with Gasteiger partial charge in [0.15, 0.2) is 0 Å². The van der Waals surface area contributed by atoms with Gasteiger partial charge in [0, 0.05) is 13.2 Å². The number of aryl methyl sites for hydroxylation is 1. The van der Waals surface area contributed by atoms with Gasteiger partial charge in [-0.1, -0.05) is 12.1 Å². The zero-order chi connectivity index (χ0) is 14.5. The molecule has 1 aromatic rings. The van der Waals surface area contributed by atoms with Gasteiger partial charge in [-0.2, -0.15) is 0 Å². The molecule has 4 nitrogen and oxygen atoms in total. The predicted molar refractivity (Wildman–Crippen MR) is 74.9 cm³/mol. The third-order valence-corrected chi connectivity index (χ3v) is 3.57. The molecule has 1 heterocycles. The standard InChI is InChI=1S/C15H21FN2O2/c1-10-5-6-12(8-13(10)16)9-17-15(19)18-11(2)14-4-3-7-20-14/h5-6,8,11,14H,3-4,7,9H2,1-2H3,(H2,17,18,19)/t11-,14+/m0/s1. The highest BCUT2D eigenvalue weighted by atomic mass is 19.1. The molecule has 1 aliphatic heterocycles. The maximum absolute atomic E-state index is 13.4. The van der Waals surface area contributed by atoms with Crippen molar-refractivity contribution in [3.8, 4) is 0 Å². The molecule has 0 bridgehead atoms. The highest BCUT2D eigenvalue weighted by molar-refractivity contribution is 5.74. The number of halogens is 1. The lowest BCUT2D eigenvalue weighted by Crippen LogP contribution is -2.45. The summed E-state index contributed by atoms with van der Waals surface area (Å²) in [5.74, 6) is -0.252. The van der Waals surface area contributed by atoms with E-state index in [9.17, 15) is 9.18 Å². The molecule has 0 radical (unpaired) electrons. The number of benzene rings is 1. The highest BCUT2D eigenvalue weighted by Gasteiger charge is 2.23. The second kappa shape index (κ2) is 6.70. The molecular formula is C15H21FN2O2. The van der Waals surface area contributed by atoms with Crippen molar-refractivity contribution in [3.05, 3.63) is 35.1 Å². The van der Waals surface area contributed by atoms with Gasteiger partial charge >= 0.3 is 6.03 Å². The fraction of sp³-hybridized carbons (Fsp3) is 0.533. The molecule has 0 unspecified atom stereocenters.